The minimum Gasteiger partial charge on any atom is -0.481 e. The van der Waals surface area contributed by atoms with Crippen molar-refractivity contribution in [3.05, 3.63) is 65.2 Å². The molecule has 0 aliphatic heterocycles. The second kappa shape index (κ2) is 7.47. The van der Waals surface area contributed by atoms with Crippen LogP contribution in [-0.2, 0) is 4.79 Å². The van der Waals surface area contributed by atoms with Crippen molar-refractivity contribution in [2.75, 3.05) is 5.32 Å². The number of carbonyl (C=O) groups is 2. The number of hydrogen-bond acceptors (Lipinski definition) is 2. The third-order valence-electron chi connectivity index (χ3n) is 2.97. The highest BCUT2D eigenvalue weighted by atomic mass is 35.5. The van der Waals surface area contributed by atoms with Gasteiger partial charge in [-0.2, -0.15) is 0 Å². The van der Waals surface area contributed by atoms with E-state index in [2.05, 4.69) is 10.6 Å². The maximum atomic E-state index is 12.0. The minimum atomic E-state index is -1.01. The van der Waals surface area contributed by atoms with E-state index < -0.39 is 18.0 Å². The van der Waals surface area contributed by atoms with Gasteiger partial charge in [0.15, 0.2) is 0 Å². The molecule has 114 valence electrons. The van der Waals surface area contributed by atoms with E-state index in [0.717, 1.165) is 0 Å². The third kappa shape index (κ3) is 4.79. The highest BCUT2D eigenvalue weighted by Gasteiger charge is 2.18. The third-order valence-corrected chi connectivity index (χ3v) is 3.20. The minimum absolute atomic E-state index is 0.234. The second-order valence-corrected chi connectivity index (χ2v) is 5.11. The van der Waals surface area contributed by atoms with Gasteiger partial charge in [-0.25, -0.2) is 4.79 Å². The quantitative estimate of drug-likeness (QED) is 0.787. The topological polar surface area (TPSA) is 78.4 Å². The number of halogens is 1. The molecule has 2 aromatic carbocycles. The van der Waals surface area contributed by atoms with Gasteiger partial charge in [0.2, 0.25) is 0 Å². The Labute approximate surface area is 132 Å². The van der Waals surface area contributed by atoms with Crippen LogP contribution in [0.15, 0.2) is 54.6 Å². The number of carboxylic acids is 1. The summed E-state index contributed by atoms with van der Waals surface area (Å²) in [6.07, 6.45) is -0.234. The molecule has 1 atom stereocenters. The smallest absolute Gasteiger partial charge is 0.319 e. The summed E-state index contributed by atoms with van der Waals surface area (Å²) in [4.78, 5) is 23.0. The lowest BCUT2D eigenvalue weighted by Crippen LogP contribution is -2.33. The Morgan fingerprint density at radius 2 is 1.82 bits per heavy atom. The lowest BCUT2D eigenvalue weighted by molar-refractivity contribution is -0.137. The standard InChI is InChI=1S/C16H15ClN2O3/c17-12-6-4-5-11(9-12)14(10-15(20)21)19-16(22)18-13-7-2-1-3-8-13/h1-9,14H,10H2,(H,20,21)(H2,18,19,22)/t14-/m1/s1. The molecular weight excluding hydrogens is 304 g/mol. The molecule has 0 aromatic heterocycles. The van der Waals surface area contributed by atoms with Gasteiger partial charge in [0.05, 0.1) is 12.5 Å². The number of amides is 2. The van der Waals surface area contributed by atoms with Gasteiger partial charge in [-0.1, -0.05) is 41.9 Å². The summed E-state index contributed by atoms with van der Waals surface area (Å²) in [6.45, 7) is 0. The van der Waals surface area contributed by atoms with E-state index in [0.29, 0.717) is 16.3 Å². The van der Waals surface area contributed by atoms with Crippen molar-refractivity contribution < 1.29 is 14.7 Å². The average molecular weight is 319 g/mol. The predicted octanol–water partition coefficient (Wildman–Crippen LogP) is 3.68. The molecule has 0 radical (unpaired) electrons. The normalized spacial score (nSPS) is 11.5. The first-order chi connectivity index (χ1) is 10.5. The first-order valence-corrected chi connectivity index (χ1v) is 7.02. The van der Waals surface area contributed by atoms with E-state index in [1.54, 1.807) is 48.5 Å². The lowest BCUT2D eigenvalue weighted by atomic mass is 10.0. The number of para-hydroxylation sites is 1. The van der Waals surface area contributed by atoms with Crippen LogP contribution in [0.2, 0.25) is 5.02 Å². The Kier molecular flexibility index (Phi) is 5.38. The van der Waals surface area contributed by atoms with Crippen molar-refractivity contribution in [2.45, 2.75) is 12.5 Å². The summed E-state index contributed by atoms with van der Waals surface area (Å²) < 4.78 is 0. The van der Waals surface area contributed by atoms with E-state index in [1.165, 1.54) is 0 Å². The molecule has 3 N–H and O–H groups in total. The van der Waals surface area contributed by atoms with E-state index in [4.69, 9.17) is 16.7 Å². The molecule has 5 nitrogen and oxygen atoms in total. The Balaban J connectivity index is 2.09. The van der Waals surface area contributed by atoms with Crippen molar-refractivity contribution in [3.8, 4) is 0 Å². The van der Waals surface area contributed by atoms with Gasteiger partial charge in [-0.3, -0.25) is 4.79 Å². The fourth-order valence-electron chi connectivity index (χ4n) is 2.00. The summed E-state index contributed by atoms with van der Waals surface area (Å²) in [5.41, 5.74) is 1.26. The van der Waals surface area contributed by atoms with Crippen molar-refractivity contribution in [2.24, 2.45) is 0 Å². The average Bonchev–Trinajstić information content (AvgIpc) is 2.47. The van der Waals surface area contributed by atoms with Crippen LogP contribution in [0.1, 0.15) is 18.0 Å². The van der Waals surface area contributed by atoms with Gasteiger partial charge in [0.1, 0.15) is 0 Å². The number of aliphatic carboxylic acids is 1. The SMILES string of the molecule is O=C(O)C[C@@H](NC(=O)Nc1ccccc1)c1cccc(Cl)c1. The Bertz CT molecular complexity index is 661. The molecule has 0 fully saturated rings. The zero-order valence-electron chi connectivity index (χ0n) is 11.6. The first-order valence-electron chi connectivity index (χ1n) is 6.64. The van der Waals surface area contributed by atoms with Crippen LogP contribution >= 0.6 is 11.6 Å². The molecule has 22 heavy (non-hydrogen) atoms. The highest BCUT2D eigenvalue weighted by molar-refractivity contribution is 6.30. The molecule has 0 unspecified atom stereocenters. The highest BCUT2D eigenvalue weighted by Crippen LogP contribution is 2.21. The number of carboxylic acid groups (broad SMARTS) is 1. The number of rotatable bonds is 5. The van der Waals surface area contributed by atoms with Crippen LogP contribution in [0.4, 0.5) is 10.5 Å². The van der Waals surface area contributed by atoms with Gasteiger partial charge >= 0.3 is 12.0 Å². The summed E-state index contributed by atoms with van der Waals surface area (Å²) >= 11 is 5.92. The van der Waals surface area contributed by atoms with Gasteiger partial charge < -0.3 is 15.7 Å². The molecule has 2 amide bonds. The lowest BCUT2D eigenvalue weighted by Gasteiger charge is -2.18. The van der Waals surface area contributed by atoms with Crippen LogP contribution in [0, 0.1) is 0 Å². The van der Waals surface area contributed by atoms with Crippen LogP contribution < -0.4 is 10.6 Å². The molecule has 0 spiro atoms. The zero-order valence-corrected chi connectivity index (χ0v) is 12.4. The maximum Gasteiger partial charge on any atom is 0.319 e. The molecule has 2 rings (SSSR count). The van der Waals surface area contributed by atoms with E-state index >= 15 is 0 Å². The zero-order chi connectivity index (χ0) is 15.9. The Hall–Kier alpha value is -2.53. The fraction of sp³-hybridized carbons (Fsp3) is 0.125. The molecule has 0 heterocycles. The van der Waals surface area contributed by atoms with Gasteiger partial charge in [0.25, 0.3) is 0 Å². The van der Waals surface area contributed by atoms with Gasteiger partial charge in [0, 0.05) is 10.7 Å². The molecular formula is C16H15ClN2O3. The van der Waals surface area contributed by atoms with E-state index in [9.17, 15) is 9.59 Å². The van der Waals surface area contributed by atoms with Gasteiger partial charge in [-0.05, 0) is 29.8 Å². The number of anilines is 1. The number of benzene rings is 2. The molecule has 0 saturated heterocycles. The summed E-state index contributed by atoms with van der Waals surface area (Å²) in [6, 6.07) is 14.5. The van der Waals surface area contributed by atoms with Crippen molar-refractivity contribution in [1.82, 2.24) is 5.32 Å². The van der Waals surface area contributed by atoms with Gasteiger partial charge in [-0.15, -0.1) is 0 Å². The molecule has 2 aromatic rings. The molecule has 0 saturated carbocycles. The molecule has 0 aliphatic rings. The van der Waals surface area contributed by atoms with E-state index in [1.807, 2.05) is 6.07 Å². The van der Waals surface area contributed by atoms with Crippen molar-refractivity contribution >= 4 is 29.3 Å². The molecule has 0 aliphatic carbocycles. The monoisotopic (exact) mass is 318 g/mol. The maximum absolute atomic E-state index is 12.0. The van der Waals surface area contributed by atoms with Crippen LogP contribution in [0.25, 0.3) is 0 Å². The summed E-state index contributed by atoms with van der Waals surface area (Å²) in [5.74, 6) is -1.01. The predicted molar refractivity (Wildman–Crippen MR) is 85.0 cm³/mol. The largest absolute Gasteiger partial charge is 0.481 e. The molecule has 0 bridgehead atoms. The van der Waals surface area contributed by atoms with E-state index in [-0.39, 0.29) is 6.42 Å². The number of urea groups is 1. The molecule has 6 heteroatoms. The number of hydrogen-bond donors (Lipinski definition) is 3. The van der Waals surface area contributed by atoms with Crippen molar-refractivity contribution in [3.63, 3.8) is 0 Å². The summed E-state index contributed by atoms with van der Waals surface area (Å²) in [7, 11) is 0. The first kappa shape index (κ1) is 15.9. The number of carbonyl (C=O) groups excluding carboxylic acids is 1. The second-order valence-electron chi connectivity index (χ2n) is 4.67. The number of nitrogens with one attached hydrogen (secondary N) is 2. The van der Waals surface area contributed by atoms with Crippen LogP contribution in [-0.4, -0.2) is 17.1 Å². The van der Waals surface area contributed by atoms with Crippen LogP contribution in [0.3, 0.4) is 0 Å². The van der Waals surface area contributed by atoms with Crippen molar-refractivity contribution in [1.29, 1.82) is 0 Å². The Morgan fingerprint density at radius 1 is 1.09 bits per heavy atom. The summed E-state index contributed by atoms with van der Waals surface area (Å²) in [5, 5.41) is 14.8. The van der Waals surface area contributed by atoms with Crippen LogP contribution in [0.5, 0.6) is 0 Å². The fourth-order valence-corrected chi connectivity index (χ4v) is 2.20. The Morgan fingerprint density at radius 3 is 2.45 bits per heavy atom.